The van der Waals surface area contributed by atoms with Crippen molar-refractivity contribution in [3.63, 3.8) is 0 Å². The van der Waals surface area contributed by atoms with E-state index in [2.05, 4.69) is 0 Å². The Morgan fingerprint density at radius 3 is 2.13 bits per heavy atom. The van der Waals surface area contributed by atoms with Gasteiger partial charge < -0.3 is 5.11 Å². The van der Waals surface area contributed by atoms with Gasteiger partial charge in [0.1, 0.15) is 15.7 Å². The van der Waals surface area contributed by atoms with Crippen molar-refractivity contribution in [3.05, 3.63) is 34.3 Å². The third-order valence-electron chi connectivity index (χ3n) is 1.73. The van der Waals surface area contributed by atoms with Gasteiger partial charge in [0.05, 0.1) is 5.56 Å². The van der Waals surface area contributed by atoms with Gasteiger partial charge in [0.25, 0.3) is 0 Å². The monoisotopic (exact) mass is 230 g/mol. The van der Waals surface area contributed by atoms with E-state index in [0.717, 1.165) is 12.1 Å². The van der Waals surface area contributed by atoms with Crippen LogP contribution >= 0.6 is 11.6 Å². The van der Waals surface area contributed by atoms with Crippen LogP contribution in [-0.4, -0.2) is 20.8 Å². The SMILES string of the molecule is [B]C([B])(O)c1cc(C(F)(F)F)ccc1Cl. The molecule has 0 heterocycles. The van der Waals surface area contributed by atoms with Crippen molar-refractivity contribution in [2.75, 3.05) is 0 Å². The molecule has 1 aromatic rings. The van der Waals surface area contributed by atoms with E-state index in [4.69, 9.17) is 32.4 Å². The molecule has 0 unspecified atom stereocenters. The molecule has 0 atom stereocenters. The van der Waals surface area contributed by atoms with Crippen LogP contribution < -0.4 is 0 Å². The molecule has 0 amide bonds. The van der Waals surface area contributed by atoms with Gasteiger partial charge in [-0.05, 0) is 23.8 Å². The highest BCUT2D eigenvalue weighted by atomic mass is 35.5. The Balaban J connectivity index is 3.30. The summed E-state index contributed by atoms with van der Waals surface area (Å²) in [5.74, 6) is 0. The number of aliphatic hydroxyl groups is 1. The zero-order chi connectivity index (χ0) is 11.9. The Bertz CT molecular complexity index is 373. The summed E-state index contributed by atoms with van der Waals surface area (Å²) in [5, 5.41) is 6.64. The predicted molar refractivity (Wildman–Crippen MR) is 51.9 cm³/mol. The summed E-state index contributed by atoms with van der Waals surface area (Å²) in [4.78, 5) is 0. The number of alkyl halides is 3. The van der Waals surface area contributed by atoms with Gasteiger partial charge in [-0.3, -0.25) is 0 Å². The molecular formula is C8H4B2ClF3O. The molecule has 0 aliphatic carbocycles. The van der Waals surface area contributed by atoms with Gasteiger partial charge in [0, 0.05) is 10.4 Å². The smallest absolute Gasteiger partial charge is 0.405 e. The highest BCUT2D eigenvalue weighted by Crippen LogP contribution is 2.33. The van der Waals surface area contributed by atoms with E-state index in [0.29, 0.717) is 6.07 Å². The first-order valence-electron chi connectivity index (χ1n) is 3.79. The molecule has 4 radical (unpaired) electrons. The van der Waals surface area contributed by atoms with Crippen LogP contribution in [0, 0.1) is 0 Å². The standard InChI is InChI=1S/C8H4B2ClF3O/c9-7(10,15)5-3-4(8(12,13)14)1-2-6(5)11/h1-3,15H. The van der Waals surface area contributed by atoms with Crippen LogP contribution in [0.3, 0.4) is 0 Å². The van der Waals surface area contributed by atoms with Gasteiger partial charge in [-0.2, -0.15) is 13.2 Å². The quantitative estimate of drug-likeness (QED) is 0.729. The maximum Gasteiger partial charge on any atom is 0.416 e. The van der Waals surface area contributed by atoms with Crippen molar-refractivity contribution in [2.45, 2.75) is 11.6 Å². The fourth-order valence-corrected chi connectivity index (χ4v) is 1.28. The summed E-state index contributed by atoms with van der Waals surface area (Å²) >= 11 is 5.54. The molecule has 1 aromatic carbocycles. The number of rotatable bonds is 1. The van der Waals surface area contributed by atoms with Crippen molar-refractivity contribution in [1.29, 1.82) is 0 Å². The average molecular weight is 230 g/mol. The molecule has 0 bridgehead atoms. The summed E-state index contributed by atoms with van der Waals surface area (Å²) in [6, 6.07) is 2.37. The summed E-state index contributed by atoms with van der Waals surface area (Å²) < 4.78 is 36.8. The lowest BCUT2D eigenvalue weighted by Gasteiger charge is -2.21. The molecule has 7 heteroatoms. The van der Waals surface area contributed by atoms with E-state index >= 15 is 0 Å². The minimum Gasteiger partial charge on any atom is -0.405 e. The van der Waals surface area contributed by atoms with Crippen molar-refractivity contribution in [1.82, 2.24) is 0 Å². The van der Waals surface area contributed by atoms with Gasteiger partial charge >= 0.3 is 6.18 Å². The van der Waals surface area contributed by atoms with Gasteiger partial charge in [-0.25, -0.2) is 0 Å². The van der Waals surface area contributed by atoms with Gasteiger partial charge in [-0.15, -0.1) is 0 Å². The van der Waals surface area contributed by atoms with Gasteiger partial charge in [-0.1, -0.05) is 11.6 Å². The first-order valence-corrected chi connectivity index (χ1v) is 4.17. The normalized spacial score (nSPS) is 12.9. The molecule has 0 saturated carbocycles. The first-order chi connectivity index (χ1) is 6.62. The number of benzene rings is 1. The zero-order valence-electron chi connectivity index (χ0n) is 7.35. The van der Waals surface area contributed by atoms with E-state index in [1.54, 1.807) is 0 Å². The highest BCUT2D eigenvalue weighted by Gasteiger charge is 2.32. The Morgan fingerprint density at radius 2 is 1.73 bits per heavy atom. The molecular weight excluding hydrogens is 226 g/mol. The van der Waals surface area contributed by atoms with Crippen LogP contribution in [0.1, 0.15) is 11.1 Å². The lowest BCUT2D eigenvalue weighted by Crippen LogP contribution is -2.27. The maximum atomic E-state index is 12.3. The summed E-state index contributed by atoms with van der Waals surface area (Å²) in [6.45, 7) is 0. The van der Waals surface area contributed by atoms with E-state index in [1.807, 2.05) is 0 Å². The van der Waals surface area contributed by atoms with Crippen LogP contribution in [0.5, 0.6) is 0 Å². The predicted octanol–water partition coefficient (Wildman–Crippen LogP) is 1.80. The average Bonchev–Trinajstić information content (AvgIpc) is 2.00. The fraction of sp³-hybridized carbons (Fsp3) is 0.250. The number of hydrogen-bond donors (Lipinski definition) is 1. The Labute approximate surface area is 92.1 Å². The van der Waals surface area contributed by atoms with Crippen molar-refractivity contribution >= 4 is 27.3 Å². The van der Waals surface area contributed by atoms with E-state index in [9.17, 15) is 13.2 Å². The minimum absolute atomic E-state index is 0.129. The maximum absolute atomic E-state index is 12.3. The Kier molecular flexibility index (Phi) is 3.12. The second kappa shape index (κ2) is 3.76. The van der Waals surface area contributed by atoms with Crippen LogP contribution in [-0.2, 0) is 11.6 Å². The largest absolute Gasteiger partial charge is 0.416 e. The van der Waals surface area contributed by atoms with E-state index in [-0.39, 0.29) is 10.6 Å². The summed E-state index contributed by atoms with van der Waals surface area (Å²) in [5.41, 5.74) is -1.35. The van der Waals surface area contributed by atoms with Crippen molar-refractivity contribution in [3.8, 4) is 0 Å². The Hall–Kier alpha value is -0.610. The minimum atomic E-state index is -4.54. The zero-order valence-corrected chi connectivity index (χ0v) is 8.10. The van der Waals surface area contributed by atoms with E-state index < -0.39 is 17.1 Å². The summed E-state index contributed by atoms with van der Waals surface area (Å²) in [6.07, 6.45) is -4.54. The first kappa shape index (κ1) is 12.5. The number of halogens is 4. The van der Waals surface area contributed by atoms with E-state index in [1.165, 1.54) is 0 Å². The molecule has 0 fully saturated rings. The number of hydrogen-bond acceptors (Lipinski definition) is 1. The second-order valence-corrected chi connectivity index (χ2v) is 3.42. The molecule has 0 aliphatic heterocycles. The molecule has 0 aromatic heterocycles. The molecule has 0 spiro atoms. The van der Waals surface area contributed by atoms with Crippen LogP contribution in [0.2, 0.25) is 5.02 Å². The highest BCUT2D eigenvalue weighted by molar-refractivity contribution is 6.41. The topological polar surface area (TPSA) is 20.2 Å². The lowest BCUT2D eigenvalue weighted by atomic mass is 9.61. The molecule has 1 N–H and O–H groups in total. The van der Waals surface area contributed by atoms with Gasteiger partial charge in [0.2, 0.25) is 0 Å². The van der Waals surface area contributed by atoms with Crippen molar-refractivity contribution < 1.29 is 18.3 Å². The van der Waals surface area contributed by atoms with Crippen LogP contribution in [0.25, 0.3) is 0 Å². The molecule has 0 aliphatic rings. The molecule has 15 heavy (non-hydrogen) atoms. The third kappa shape index (κ3) is 2.92. The molecule has 1 rings (SSSR count). The van der Waals surface area contributed by atoms with Crippen LogP contribution in [0.4, 0.5) is 13.2 Å². The molecule has 76 valence electrons. The lowest BCUT2D eigenvalue weighted by molar-refractivity contribution is -0.137. The summed E-state index contributed by atoms with van der Waals surface area (Å²) in [7, 11) is 10.1. The Morgan fingerprint density at radius 1 is 1.20 bits per heavy atom. The van der Waals surface area contributed by atoms with Crippen molar-refractivity contribution in [2.24, 2.45) is 0 Å². The van der Waals surface area contributed by atoms with Gasteiger partial charge in [0.15, 0.2) is 0 Å². The molecule has 0 saturated heterocycles. The fourth-order valence-electron chi connectivity index (χ4n) is 1.01. The third-order valence-corrected chi connectivity index (χ3v) is 2.05. The second-order valence-electron chi connectivity index (χ2n) is 3.02. The van der Waals surface area contributed by atoms with Crippen LogP contribution in [0.15, 0.2) is 18.2 Å². The molecule has 1 nitrogen and oxygen atoms in total.